The van der Waals surface area contributed by atoms with E-state index in [-0.39, 0.29) is 12.6 Å². The summed E-state index contributed by atoms with van der Waals surface area (Å²) < 4.78 is 5.47. The summed E-state index contributed by atoms with van der Waals surface area (Å²) in [7, 11) is 0. The van der Waals surface area contributed by atoms with E-state index < -0.39 is 0 Å². The summed E-state index contributed by atoms with van der Waals surface area (Å²) >= 11 is 1.50. The Hall–Kier alpha value is -3.44. The molecule has 5 heteroatoms. The predicted octanol–water partition coefficient (Wildman–Crippen LogP) is 6.59. The van der Waals surface area contributed by atoms with Crippen molar-refractivity contribution < 1.29 is 9.53 Å². The third-order valence-corrected chi connectivity index (χ3v) is 6.06. The van der Waals surface area contributed by atoms with Crippen LogP contribution in [-0.2, 0) is 10.5 Å². The van der Waals surface area contributed by atoms with Crippen molar-refractivity contribution in [2.24, 2.45) is 0 Å². The molecule has 0 N–H and O–H groups in total. The Morgan fingerprint density at radius 2 is 1.47 bits per heavy atom. The number of aryl methyl sites for hydroxylation is 1. The van der Waals surface area contributed by atoms with Gasteiger partial charge in [0.25, 0.3) is 0 Å². The average molecular weight is 441 g/mol. The van der Waals surface area contributed by atoms with Gasteiger partial charge in [-0.05, 0) is 25.0 Å². The Kier molecular flexibility index (Phi) is 6.97. The summed E-state index contributed by atoms with van der Waals surface area (Å²) in [4.78, 5) is 13.2. The largest absolute Gasteiger partial charge is 0.462 e. The molecule has 3 aromatic carbocycles. The number of hydrogen-bond donors (Lipinski definition) is 0. The molecule has 4 nitrogen and oxygen atoms in total. The van der Waals surface area contributed by atoms with E-state index in [9.17, 15) is 4.79 Å². The fraction of sp³-hybridized carbons (Fsp3) is 0.148. The van der Waals surface area contributed by atoms with Gasteiger partial charge in [0.1, 0.15) is 16.3 Å². The molecule has 0 fully saturated rings. The summed E-state index contributed by atoms with van der Waals surface area (Å²) in [6.45, 7) is 4.17. The van der Waals surface area contributed by atoms with Crippen LogP contribution in [0.3, 0.4) is 0 Å². The van der Waals surface area contributed by atoms with E-state index in [0.717, 1.165) is 22.3 Å². The Labute approximate surface area is 192 Å². The number of nitrogens with zero attached hydrogens (tertiary/aromatic N) is 2. The minimum Gasteiger partial charge on any atom is -0.462 e. The van der Waals surface area contributed by atoms with Crippen LogP contribution < -0.4 is 0 Å². The van der Waals surface area contributed by atoms with Crippen molar-refractivity contribution in [3.05, 3.63) is 102 Å². The molecule has 4 rings (SSSR count). The van der Waals surface area contributed by atoms with Gasteiger partial charge in [-0.3, -0.25) is 0 Å². The summed E-state index contributed by atoms with van der Waals surface area (Å²) in [6, 6.07) is 28.0. The van der Waals surface area contributed by atoms with Gasteiger partial charge >= 0.3 is 5.97 Å². The first-order valence-electron chi connectivity index (χ1n) is 10.5. The van der Waals surface area contributed by atoms with Crippen LogP contribution >= 0.6 is 11.8 Å². The van der Waals surface area contributed by atoms with Gasteiger partial charge in [-0.1, -0.05) is 102 Å². The fourth-order valence-corrected chi connectivity index (χ4v) is 4.36. The highest BCUT2D eigenvalue weighted by Crippen LogP contribution is 2.38. The van der Waals surface area contributed by atoms with Crippen molar-refractivity contribution in [1.82, 2.24) is 10.2 Å². The van der Waals surface area contributed by atoms with Crippen LogP contribution in [0.4, 0.5) is 0 Å². The first-order valence-corrected chi connectivity index (χ1v) is 11.5. The molecule has 1 heterocycles. The van der Waals surface area contributed by atoms with E-state index in [0.29, 0.717) is 22.0 Å². The molecule has 0 spiro atoms. The van der Waals surface area contributed by atoms with Crippen LogP contribution in [0.25, 0.3) is 22.4 Å². The second-order valence-corrected chi connectivity index (χ2v) is 8.29. The molecule has 160 valence electrons. The molecular formula is C27H24N2O2S. The average Bonchev–Trinajstić information content (AvgIpc) is 2.84. The summed E-state index contributed by atoms with van der Waals surface area (Å²) in [5, 5.41) is 9.64. The Balaban J connectivity index is 1.86. The first-order chi connectivity index (χ1) is 15.7. The molecule has 0 saturated carbocycles. The predicted molar refractivity (Wildman–Crippen MR) is 130 cm³/mol. The zero-order valence-electron chi connectivity index (χ0n) is 18.1. The molecule has 0 bridgehead atoms. The number of carbonyl (C=O) groups excluding carboxylic acids is 1. The maximum absolute atomic E-state index is 13.2. The van der Waals surface area contributed by atoms with Gasteiger partial charge in [-0.15, -0.1) is 10.2 Å². The molecule has 0 radical (unpaired) electrons. The van der Waals surface area contributed by atoms with Crippen LogP contribution in [-0.4, -0.2) is 22.8 Å². The topological polar surface area (TPSA) is 52.1 Å². The minimum atomic E-state index is -0.384. The fourth-order valence-electron chi connectivity index (χ4n) is 3.43. The summed E-state index contributed by atoms with van der Waals surface area (Å²) in [5.41, 5.74) is 6.05. The monoisotopic (exact) mass is 440 g/mol. The molecule has 0 amide bonds. The first kappa shape index (κ1) is 21.8. The number of esters is 1. The number of aromatic nitrogens is 2. The zero-order chi connectivity index (χ0) is 22.3. The minimum absolute atomic E-state index is 0.290. The van der Waals surface area contributed by atoms with Crippen molar-refractivity contribution in [1.29, 1.82) is 0 Å². The highest BCUT2D eigenvalue weighted by Gasteiger charge is 2.25. The van der Waals surface area contributed by atoms with Crippen molar-refractivity contribution in [3.8, 4) is 22.4 Å². The number of hydrogen-bond acceptors (Lipinski definition) is 5. The SMILES string of the molecule is CCOC(=O)c1c(SCc2ccc(C)cc2)nnc(-c2ccccc2)c1-c1ccccc1. The van der Waals surface area contributed by atoms with E-state index in [4.69, 9.17) is 4.74 Å². The molecular weight excluding hydrogens is 416 g/mol. The molecule has 0 aliphatic rings. The standard InChI is InChI=1S/C27H24N2O2S/c1-3-31-27(30)24-23(21-10-6-4-7-11-21)25(22-12-8-5-9-13-22)28-29-26(24)32-18-20-16-14-19(2)15-17-20/h4-17H,3,18H2,1-2H3. The Morgan fingerprint density at radius 3 is 2.09 bits per heavy atom. The van der Waals surface area contributed by atoms with Crippen LogP contribution in [0, 0.1) is 6.92 Å². The molecule has 0 saturated heterocycles. The zero-order valence-corrected chi connectivity index (χ0v) is 18.9. The van der Waals surface area contributed by atoms with Crippen molar-refractivity contribution in [3.63, 3.8) is 0 Å². The second-order valence-electron chi connectivity index (χ2n) is 7.33. The van der Waals surface area contributed by atoms with Crippen LogP contribution in [0.2, 0.25) is 0 Å². The molecule has 0 atom stereocenters. The van der Waals surface area contributed by atoms with Gasteiger partial charge < -0.3 is 4.74 Å². The number of thioether (sulfide) groups is 1. The maximum atomic E-state index is 13.2. The van der Waals surface area contributed by atoms with Crippen LogP contribution in [0.5, 0.6) is 0 Å². The van der Waals surface area contributed by atoms with Crippen molar-refractivity contribution in [2.75, 3.05) is 6.61 Å². The van der Waals surface area contributed by atoms with Crippen LogP contribution in [0.1, 0.15) is 28.4 Å². The summed E-state index contributed by atoms with van der Waals surface area (Å²) in [5.74, 6) is 0.296. The Morgan fingerprint density at radius 1 is 0.844 bits per heavy atom. The lowest BCUT2D eigenvalue weighted by atomic mass is 9.96. The van der Waals surface area contributed by atoms with Crippen LogP contribution in [0.15, 0.2) is 90.0 Å². The lowest BCUT2D eigenvalue weighted by Crippen LogP contribution is -2.12. The third-order valence-electron chi connectivity index (χ3n) is 5.03. The molecule has 4 aromatic rings. The second kappa shape index (κ2) is 10.2. The van der Waals surface area contributed by atoms with Gasteiger partial charge in [0.05, 0.1) is 6.61 Å². The number of rotatable bonds is 7. The van der Waals surface area contributed by atoms with E-state index in [1.165, 1.54) is 17.3 Å². The third kappa shape index (κ3) is 4.89. The van der Waals surface area contributed by atoms with Gasteiger partial charge in [-0.25, -0.2) is 4.79 Å². The quantitative estimate of drug-likeness (QED) is 0.240. The molecule has 32 heavy (non-hydrogen) atoms. The van der Waals surface area contributed by atoms with Gasteiger partial charge in [-0.2, -0.15) is 0 Å². The van der Waals surface area contributed by atoms with Gasteiger partial charge in [0.15, 0.2) is 0 Å². The van der Waals surface area contributed by atoms with E-state index >= 15 is 0 Å². The van der Waals surface area contributed by atoms with Gasteiger partial charge in [0, 0.05) is 16.9 Å². The highest BCUT2D eigenvalue weighted by atomic mass is 32.2. The number of benzene rings is 3. The number of carbonyl (C=O) groups is 1. The number of ether oxygens (including phenoxy) is 1. The molecule has 0 unspecified atom stereocenters. The normalized spacial score (nSPS) is 10.7. The van der Waals surface area contributed by atoms with E-state index in [2.05, 4.69) is 41.4 Å². The smallest absolute Gasteiger partial charge is 0.341 e. The lowest BCUT2D eigenvalue weighted by Gasteiger charge is -2.16. The maximum Gasteiger partial charge on any atom is 0.341 e. The van der Waals surface area contributed by atoms with Crippen molar-refractivity contribution >= 4 is 17.7 Å². The molecule has 1 aromatic heterocycles. The summed E-state index contributed by atoms with van der Waals surface area (Å²) in [6.07, 6.45) is 0. The Bertz CT molecular complexity index is 1190. The highest BCUT2D eigenvalue weighted by molar-refractivity contribution is 7.98. The van der Waals surface area contributed by atoms with Crippen molar-refractivity contribution in [2.45, 2.75) is 24.6 Å². The van der Waals surface area contributed by atoms with Gasteiger partial charge in [0.2, 0.25) is 0 Å². The molecule has 0 aliphatic heterocycles. The van der Waals surface area contributed by atoms with E-state index in [1.54, 1.807) is 0 Å². The lowest BCUT2D eigenvalue weighted by molar-refractivity contribution is 0.0522. The van der Waals surface area contributed by atoms with E-state index in [1.807, 2.05) is 67.6 Å². The molecule has 0 aliphatic carbocycles.